The second-order valence-corrected chi connectivity index (χ2v) is 5.86. The molecule has 0 amide bonds. The van der Waals surface area contributed by atoms with Crippen molar-refractivity contribution in [3.05, 3.63) is 0 Å². The standard InChI is InChI=1S/C7H13N3S6.3K/c11-5(12)8-1-3-10(7(15)16)4-2-9-6(13)14;;;/h1-4H2,(H,15,16)(H2,8,11,12)(H2,9,13,14);;;/q;3*+1/p-3. The van der Waals surface area contributed by atoms with E-state index in [2.05, 4.69) is 10.6 Å². The van der Waals surface area contributed by atoms with Gasteiger partial charge in [-0.05, 0) is 0 Å². The van der Waals surface area contributed by atoms with Crippen LogP contribution in [0.3, 0.4) is 0 Å². The van der Waals surface area contributed by atoms with Crippen molar-refractivity contribution in [2.45, 2.75) is 0 Å². The molecule has 0 saturated carbocycles. The van der Waals surface area contributed by atoms with Gasteiger partial charge in [0, 0.05) is 26.2 Å². The maximum Gasteiger partial charge on any atom is 1.00 e. The minimum absolute atomic E-state index is 0. The predicted octanol–water partition coefficient (Wildman–Crippen LogP) is -9.03. The molecule has 0 radical (unpaired) electrons. The Kier molecular flexibility index (Phi) is 35.8. The summed E-state index contributed by atoms with van der Waals surface area (Å²) in [5, 5.41) is 5.72. The zero-order valence-electron chi connectivity index (χ0n) is 11.2. The van der Waals surface area contributed by atoms with Crippen LogP contribution in [0.5, 0.6) is 0 Å². The van der Waals surface area contributed by atoms with E-state index in [-0.39, 0.29) is 154 Å². The van der Waals surface area contributed by atoms with Gasteiger partial charge in [0.05, 0.1) is 0 Å². The zero-order chi connectivity index (χ0) is 12.6. The first-order chi connectivity index (χ1) is 7.43. The van der Waals surface area contributed by atoms with Crippen LogP contribution in [0.1, 0.15) is 0 Å². The fraction of sp³-hybridized carbons (Fsp3) is 0.571. The van der Waals surface area contributed by atoms with Gasteiger partial charge in [-0.25, -0.2) is 0 Å². The average Bonchev–Trinajstić information content (AvgIpc) is 2.14. The van der Waals surface area contributed by atoms with Crippen molar-refractivity contribution in [1.82, 2.24) is 15.5 Å². The van der Waals surface area contributed by atoms with Gasteiger partial charge >= 0.3 is 154 Å². The van der Waals surface area contributed by atoms with Crippen LogP contribution in [0.2, 0.25) is 0 Å². The summed E-state index contributed by atoms with van der Waals surface area (Å²) < 4.78 is 1.11. The van der Waals surface area contributed by atoms with E-state index >= 15 is 0 Å². The van der Waals surface area contributed by atoms with Crippen molar-refractivity contribution < 1.29 is 154 Å². The number of nitrogens with one attached hydrogen (secondary N) is 2. The van der Waals surface area contributed by atoms with Gasteiger partial charge in [0.1, 0.15) is 0 Å². The van der Waals surface area contributed by atoms with Gasteiger partial charge in [-0.2, -0.15) is 0 Å². The van der Waals surface area contributed by atoms with Crippen LogP contribution in [0, 0.1) is 0 Å². The number of nitrogens with zero attached hydrogens (tertiary/aromatic N) is 1. The Morgan fingerprint density at radius 1 is 0.789 bits per heavy atom. The van der Waals surface area contributed by atoms with Crippen LogP contribution in [0.15, 0.2) is 0 Å². The molecule has 0 spiro atoms. The third kappa shape index (κ3) is 23.2. The van der Waals surface area contributed by atoms with Crippen molar-refractivity contribution in [1.29, 1.82) is 0 Å². The van der Waals surface area contributed by atoms with Crippen molar-refractivity contribution in [2.24, 2.45) is 0 Å². The molecule has 12 heteroatoms. The molecule has 0 heterocycles. The van der Waals surface area contributed by atoms with Gasteiger partial charge in [0.2, 0.25) is 0 Å². The van der Waals surface area contributed by atoms with Gasteiger partial charge in [-0.1, -0.05) is 13.0 Å². The fourth-order valence-electron chi connectivity index (χ4n) is 0.880. The van der Waals surface area contributed by atoms with E-state index in [1.807, 2.05) is 4.90 Å². The smallest absolute Gasteiger partial charge is 0.412 e. The van der Waals surface area contributed by atoms with Crippen LogP contribution in [-0.2, 0) is 37.9 Å². The molecule has 0 atom stereocenters. The second kappa shape index (κ2) is 21.3. The van der Waals surface area contributed by atoms with Crippen LogP contribution in [0.25, 0.3) is 0 Å². The minimum atomic E-state index is 0. The maximum atomic E-state index is 4.94. The maximum absolute atomic E-state index is 4.94. The molecule has 92 valence electrons. The van der Waals surface area contributed by atoms with E-state index in [0.717, 1.165) is 0 Å². The zero-order valence-corrected chi connectivity index (χ0v) is 25.5. The summed E-state index contributed by atoms with van der Waals surface area (Å²) in [5.74, 6) is 0. The molecule has 0 saturated heterocycles. The molecule has 0 rings (SSSR count). The molecule has 0 aliphatic carbocycles. The third-order valence-corrected chi connectivity index (χ3v) is 2.65. The topological polar surface area (TPSA) is 27.3 Å². The van der Waals surface area contributed by atoms with E-state index < -0.39 is 0 Å². The quantitative estimate of drug-likeness (QED) is 0.235. The monoisotopic (exact) mass is 445 g/mol. The molecular formula is C7H10K3N3S6. The molecule has 0 aromatic carbocycles. The molecular weight excluding hydrogens is 436 g/mol. The number of rotatable bonds is 6. The Morgan fingerprint density at radius 2 is 1.11 bits per heavy atom. The van der Waals surface area contributed by atoms with Gasteiger partial charge in [-0.3, -0.25) is 0 Å². The molecule has 19 heavy (non-hydrogen) atoms. The molecule has 0 aromatic heterocycles. The van der Waals surface area contributed by atoms with Crippen LogP contribution in [0.4, 0.5) is 0 Å². The number of hydrogen-bond acceptors (Lipinski definition) is 6. The molecule has 0 bridgehead atoms. The first kappa shape index (κ1) is 32.0. The summed E-state index contributed by atoms with van der Waals surface area (Å²) in [7, 11) is 0. The van der Waals surface area contributed by atoms with E-state index in [4.69, 9.17) is 74.5 Å². The molecule has 0 aliphatic heterocycles. The van der Waals surface area contributed by atoms with Crippen molar-refractivity contribution >= 4 is 87.5 Å². The normalized spacial score (nSPS) is 7.79. The Hall–Kier alpha value is 5.24. The van der Waals surface area contributed by atoms with E-state index in [9.17, 15) is 0 Å². The summed E-state index contributed by atoms with van der Waals surface area (Å²) >= 11 is 28.8. The summed E-state index contributed by atoms with van der Waals surface area (Å²) in [5.41, 5.74) is 0. The molecule has 3 nitrogen and oxygen atoms in total. The third-order valence-electron chi connectivity index (χ3n) is 1.56. The van der Waals surface area contributed by atoms with Crippen molar-refractivity contribution in [3.63, 3.8) is 0 Å². The van der Waals surface area contributed by atoms with Gasteiger partial charge in [0.25, 0.3) is 0 Å². The summed E-state index contributed by atoms with van der Waals surface area (Å²) in [6.45, 7) is 2.56. The fourth-order valence-corrected chi connectivity index (χ4v) is 1.65. The van der Waals surface area contributed by atoms with E-state index in [0.29, 0.717) is 39.1 Å². The Balaban J connectivity index is -0.000000375. The number of hydrogen-bond donors (Lipinski definition) is 2. The molecule has 0 fully saturated rings. The van der Waals surface area contributed by atoms with Gasteiger partial charge < -0.3 is 90.1 Å². The molecule has 0 aromatic rings. The summed E-state index contributed by atoms with van der Waals surface area (Å²) in [4.78, 5) is 1.85. The Labute approximate surface area is 275 Å². The van der Waals surface area contributed by atoms with Gasteiger partial charge in [-0.15, -0.1) is 0 Å². The van der Waals surface area contributed by atoms with Crippen molar-refractivity contribution in [3.8, 4) is 0 Å². The van der Waals surface area contributed by atoms with Crippen LogP contribution in [-0.4, -0.2) is 44.0 Å². The second-order valence-electron chi connectivity index (χ2n) is 2.68. The van der Waals surface area contributed by atoms with E-state index in [1.165, 1.54) is 0 Å². The number of thiocarbonyl (C=S) groups is 3. The van der Waals surface area contributed by atoms with Crippen LogP contribution < -0.4 is 165 Å². The minimum Gasteiger partial charge on any atom is -0.412 e. The summed E-state index contributed by atoms with van der Waals surface area (Å²) in [6.07, 6.45) is 0. The van der Waals surface area contributed by atoms with E-state index in [1.54, 1.807) is 0 Å². The molecule has 2 N–H and O–H groups in total. The molecule has 0 aliphatic rings. The SMILES string of the molecule is S=C([S-])NCCN(CCNC(=S)[S-])C(=S)[S-].[K+].[K+].[K+]. The van der Waals surface area contributed by atoms with Gasteiger partial charge in [0.15, 0.2) is 0 Å². The largest absolute Gasteiger partial charge is 1.00 e. The average molecular weight is 446 g/mol. The first-order valence-corrected chi connectivity index (χ1v) is 6.74. The first-order valence-electron chi connectivity index (χ1n) is 4.29. The Bertz CT molecular complexity index is 261. The van der Waals surface area contributed by atoms with Crippen molar-refractivity contribution in [2.75, 3.05) is 26.2 Å². The molecule has 0 unspecified atom stereocenters. The Morgan fingerprint density at radius 3 is 1.32 bits per heavy atom. The summed E-state index contributed by atoms with van der Waals surface area (Å²) in [6, 6.07) is 0. The van der Waals surface area contributed by atoms with Crippen LogP contribution >= 0.6 is 36.7 Å². The predicted molar refractivity (Wildman–Crippen MR) is 87.5 cm³/mol.